The van der Waals surface area contributed by atoms with Crippen LogP contribution in [0.3, 0.4) is 0 Å². The Morgan fingerprint density at radius 3 is 2.75 bits per heavy atom. The summed E-state index contributed by atoms with van der Waals surface area (Å²) >= 11 is 5.22. The van der Waals surface area contributed by atoms with E-state index < -0.39 is 0 Å². The number of hydrogen-bond donors (Lipinski definition) is 3. The summed E-state index contributed by atoms with van der Waals surface area (Å²) in [6, 6.07) is 11.4. The van der Waals surface area contributed by atoms with Gasteiger partial charge in [0, 0.05) is 18.3 Å². The van der Waals surface area contributed by atoms with Crippen molar-refractivity contribution >= 4 is 34.3 Å². The molecule has 0 spiro atoms. The maximum atomic E-state index is 8.84. The van der Waals surface area contributed by atoms with Gasteiger partial charge in [0.1, 0.15) is 23.7 Å². The Hall–Kier alpha value is -3.63. The molecule has 32 heavy (non-hydrogen) atoms. The van der Waals surface area contributed by atoms with Gasteiger partial charge < -0.3 is 20.5 Å². The number of nitrogens with zero attached hydrogens (tertiary/aromatic N) is 5. The molecule has 3 heterocycles. The molecule has 0 bridgehead atoms. The van der Waals surface area contributed by atoms with E-state index in [-0.39, 0.29) is 13.2 Å². The van der Waals surface area contributed by atoms with Crippen molar-refractivity contribution in [2.24, 2.45) is 0 Å². The monoisotopic (exact) mass is 449 g/mol. The lowest BCUT2D eigenvalue weighted by Crippen LogP contribution is -2.28. The predicted octanol–water partition coefficient (Wildman–Crippen LogP) is 2.61. The van der Waals surface area contributed by atoms with E-state index in [2.05, 4.69) is 30.7 Å². The fourth-order valence-electron chi connectivity index (χ4n) is 3.05. The summed E-state index contributed by atoms with van der Waals surface area (Å²) in [5, 5.41) is 19.9. The van der Waals surface area contributed by atoms with E-state index in [1.807, 2.05) is 54.2 Å². The molecule has 0 aliphatic carbocycles. The molecule has 0 saturated heterocycles. The molecule has 0 aliphatic heterocycles. The second kappa shape index (κ2) is 10.1. The molecule has 0 aliphatic rings. The summed E-state index contributed by atoms with van der Waals surface area (Å²) in [7, 11) is 0. The molecule has 1 aromatic carbocycles. The third kappa shape index (κ3) is 5.34. The summed E-state index contributed by atoms with van der Waals surface area (Å²) < 4.78 is 7.23. The average molecular weight is 450 g/mol. The van der Waals surface area contributed by atoms with Crippen LogP contribution in [0.4, 0.5) is 5.82 Å². The van der Waals surface area contributed by atoms with Gasteiger partial charge in [0.05, 0.1) is 31.2 Å². The SMILES string of the molecule is CCNC(=S)Nc1ccc2ncc(-c3cnn(Cc4ccc(OCCO)cc4)c3)nc2n1. The van der Waals surface area contributed by atoms with E-state index >= 15 is 0 Å². The number of aromatic nitrogens is 5. The molecule has 3 N–H and O–H groups in total. The molecular weight excluding hydrogens is 426 g/mol. The summed E-state index contributed by atoms with van der Waals surface area (Å²) in [5.74, 6) is 1.33. The van der Waals surface area contributed by atoms with E-state index in [1.165, 1.54) is 0 Å². The first kappa shape index (κ1) is 21.6. The minimum Gasteiger partial charge on any atom is -0.491 e. The standard InChI is InChI=1S/C22H23N7O2S/c1-2-23-22(32)28-20-8-7-18-21(27-20)26-19(12-24-18)16-11-25-29(14-16)13-15-3-5-17(6-4-15)31-10-9-30/h3-8,11-12,14,30H,2,9-10,13H2,1H3,(H2,23,26,27,28,32). The highest BCUT2D eigenvalue weighted by Crippen LogP contribution is 2.20. The quantitative estimate of drug-likeness (QED) is 0.350. The van der Waals surface area contributed by atoms with Crippen molar-refractivity contribution in [3.8, 4) is 17.0 Å². The number of anilines is 1. The lowest BCUT2D eigenvalue weighted by molar-refractivity contribution is 0.201. The van der Waals surface area contributed by atoms with Crippen LogP contribution >= 0.6 is 12.2 Å². The Morgan fingerprint density at radius 2 is 1.97 bits per heavy atom. The molecule has 0 unspecified atom stereocenters. The van der Waals surface area contributed by atoms with Gasteiger partial charge in [-0.15, -0.1) is 0 Å². The number of pyridine rings is 1. The number of thiocarbonyl (C=S) groups is 1. The van der Waals surface area contributed by atoms with E-state index in [4.69, 9.17) is 22.1 Å². The largest absolute Gasteiger partial charge is 0.491 e. The number of rotatable bonds is 8. The molecule has 0 radical (unpaired) electrons. The van der Waals surface area contributed by atoms with Gasteiger partial charge in [-0.25, -0.2) is 9.97 Å². The van der Waals surface area contributed by atoms with Crippen LogP contribution in [0.25, 0.3) is 22.4 Å². The van der Waals surface area contributed by atoms with Gasteiger partial charge in [0.15, 0.2) is 10.8 Å². The van der Waals surface area contributed by atoms with Crippen molar-refractivity contribution < 1.29 is 9.84 Å². The van der Waals surface area contributed by atoms with Gasteiger partial charge in [-0.05, 0) is 49.0 Å². The minimum atomic E-state index is -0.00762. The fraction of sp³-hybridized carbons (Fsp3) is 0.227. The van der Waals surface area contributed by atoms with Gasteiger partial charge in [0.25, 0.3) is 0 Å². The summed E-state index contributed by atoms with van der Waals surface area (Å²) in [4.78, 5) is 13.6. The van der Waals surface area contributed by atoms with Crippen LogP contribution in [0.15, 0.2) is 55.0 Å². The molecule has 0 amide bonds. The molecule has 0 atom stereocenters. The Bertz CT molecular complexity index is 1210. The molecule has 4 aromatic rings. The van der Waals surface area contributed by atoms with Crippen molar-refractivity contribution in [3.63, 3.8) is 0 Å². The molecule has 10 heteroatoms. The Morgan fingerprint density at radius 1 is 1.12 bits per heavy atom. The van der Waals surface area contributed by atoms with Gasteiger partial charge in [-0.1, -0.05) is 12.1 Å². The average Bonchev–Trinajstić information content (AvgIpc) is 3.27. The first-order chi connectivity index (χ1) is 15.6. The zero-order valence-corrected chi connectivity index (χ0v) is 18.3. The van der Waals surface area contributed by atoms with Gasteiger partial charge in [-0.3, -0.25) is 9.67 Å². The molecule has 9 nitrogen and oxygen atoms in total. The maximum Gasteiger partial charge on any atom is 0.180 e. The lowest BCUT2D eigenvalue weighted by Gasteiger charge is -2.08. The number of ether oxygens (including phenoxy) is 1. The summed E-state index contributed by atoms with van der Waals surface area (Å²) in [6.45, 7) is 3.59. The van der Waals surface area contributed by atoms with Crippen LogP contribution in [0, 0.1) is 0 Å². The first-order valence-corrected chi connectivity index (χ1v) is 10.6. The van der Waals surface area contributed by atoms with Crippen LogP contribution in [0.2, 0.25) is 0 Å². The minimum absolute atomic E-state index is 0.00762. The molecule has 3 aromatic heterocycles. The van der Waals surface area contributed by atoms with Gasteiger partial charge >= 0.3 is 0 Å². The highest BCUT2D eigenvalue weighted by molar-refractivity contribution is 7.80. The zero-order valence-electron chi connectivity index (χ0n) is 17.5. The van der Waals surface area contributed by atoms with Crippen LogP contribution < -0.4 is 15.4 Å². The number of nitrogens with one attached hydrogen (secondary N) is 2. The molecule has 0 fully saturated rings. The Balaban J connectivity index is 1.49. The first-order valence-electron chi connectivity index (χ1n) is 10.2. The van der Waals surface area contributed by atoms with Crippen molar-refractivity contribution in [1.29, 1.82) is 0 Å². The topological polar surface area (TPSA) is 110 Å². The van der Waals surface area contributed by atoms with E-state index in [0.717, 1.165) is 23.4 Å². The number of hydrogen-bond acceptors (Lipinski definition) is 7. The summed E-state index contributed by atoms with van der Waals surface area (Å²) in [6.07, 6.45) is 5.40. The number of aliphatic hydroxyl groups excluding tert-OH is 1. The van der Waals surface area contributed by atoms with E-state index in [0.29, 0.717) is 34.3 Å². The predicted molar refractivity (Wildman–Crippen MR) is 127 cm³/mol. The zero-order chi connectivity index (χ0) is 22.3. The molecule has 4 rings (SSSR count). The molecule has 0 saturated carbocycles. The maximum absolute atomic E-state index is 8.84. The fourth-order valence-corrected chi connectivity index (χ4v) is 3.30. The number of aliphatic hydroxyl groups is 1. The third-order valence-corrected chi connectivity index (χ3v) is 4.79. The second-order valence-electron chi connectivity index (χ2n) is 6.92. The van der Waals surface area contributed by atoms with Crippen molar-refractivity contribution in [3.05, 3.63) is 60.6 Å². The number of fused-ring (bicyclic) bond motifs is 1. The smallest absolute Gasteiger partial charge is 0.180 e. The van der Waals surface area contributed by atoms with Crippen molar-refractivity contribution in [2.75, 3.05) is 25.1 Å². The van der Waals surface area contributed by atoms with Gasteiger partial charge in [-0.2, -0.15) is 5.10 Å². The van der Waals surface area contributed by atoms with Crippen LogP contribution in [-0.2, 0) is 6.54 Å². The van der Waals surface area contributed by atoms with Crippen molar-refractivity contribution in [2.45, 2.75) is 13.5 Å². The van der Waals surface area contributed by atoms with Crippen LogP contribution in [0.1, 0.15) is 12.5 Å². The molecular formula is C22H23N7O2S. The van der Waals surface area contributed by atoms with Crippen molar-refractivity contribution in [1.82, 2.24) is 30.0 Å². The third-order valence-electron chi connectivity index (χ3n) is 4.54. The normalized spacial score (nSPS) is 10.8. The second-order valence-corrected chi connectivity index (χ2v) is 7.33. The Kier molecular flexibility index (Phi) is 6.83. The van der Waals surface area contributed by atoms with Crippen LogP contribution in [0.5, 0.6) is 5.75 Å². The van der Waals surface area contributed by atoms with E-state index in [1.54, 1.807) is 12.4 Å². The summed E-state index contributed by atoms with van der Waals surface area (Å²) in [5.41, 5.74) is 3.85. The highest BCUT2D eigenvalue weighted by atomic mass is 32.1. The Labute approximate surface area is 190 Å². The number of benzene rings is 1. The molecule has 164 valence electrons. The van der Waals surface area contributed by atoms with Gasteiger partial charge in [0.2, 0.25) is 0 Å². The lowest BCUT2D eigenvalue weighted by atomic mass is 10.2. The van der Waals surface area contributed by atoms with E-state index in [9.17, 15) is 0 Å². The van der Waals surface area contributed by atoms with Crippen LogP contribution in [-0.4, -0.2) is 54.7 Å². The highest BCUT2D eigenvalue weighted by Gasteiger charge is 2.08.